The Morgan fingerprint density at radius 3 is 2.47 bits per heavy atom. The molecule has 2 heteroatoms. The Morgan fingerprint density at radius 1 is 1.00 bits per heavy atom. The molecule has 0 unspecified atom stereocenters. The van der Waals surface area contributed by atoms with Crippen LogP contribution in [-0.2, 0) is 6.54 Å². The smallest absolute Gasteiger partial charge is 0.134 e. The van der Waals surface area contributed by atoms with Crippen LogP contribution in [0.25, 0.3) is 11.3 Å². The van der Waals surface area contributed by atoms with Crippen LogP contribution in [0, 0.1) is 20.8 Å². The number of nitrogens with one attached hydrogen (secondary N) is 1. The third kappa shape index (κ3) is 3.27. The lowest BCUT2D eigenvalue weighted by molar-refractivity contribution is 0.493. The lowest BCUT2D eigenvalue weighted by Gasteiger charge is -2.07. The van der Waals surface area contributed by atoms with Crippen molar-refractivity contribution >= 4 is 0 Å². The molecule has 0 aliphatic heterocycles. The summed E-state index contributed by atoms with van der Waals surface area (Å²) in [5, 5.41) is 3.36. The van der Waals surface area contributed by atoms with Crippen LogP contribution < -0.4 is 5.32 Å². The summed E-state index contributed by atoms with van der Waals surface area (Å²) in [5.74, 6) is 1.97. The van der Waals surface area contributed by atoms with Gasteiger partial charge in [-0.25, -0.2) is 0 Å². The zero-order valence-corrected chi connectivity index (χ0v) is 12.3. The topological polar surface area (TPSA) is 25.2 Å². The number of aryl methyl sites for hydroxylation is 3. The second kappa shape index (κ2) is 6.07. The van der Waals surface area contributed by atoms with Gasteiger partial charge in [0, 0.05) is 5.56 Å². The highest BCUT2D eigenvalue weighted by Crippen LogP contribution is 2.28. The van der Waals surface area contributed by atoms with Crippen molar-refractivity contribution in [1.29, 1.82) is 0 Å². The summed E-state index contributed by atoms with van der Waals surface area (Å²) < 4.78 is 5.93. The van der Waals surface area contributed by atoms with E-state index in [-0.39, 0.29) is 0 Å². The van der Waals surface area contributed by atoms with Gasteiger partial charge in [-0.15, -0.1) is 0 Å². The van der Waals surface area contributed by atoms with Crippen molar-refractivity contribution in [3.63, 3.8) is 0 Å². The monoisotopic (exact) mass is 257 g/mol. The third-order valence-corrected chi connectivity index (χ3v) is 3.49. The highest BCUT2D eigenvalue weighted by Gasteiger charge is 2.09. The van der Waals surface area contributed by atoms with Crippen LogP contribution in [0.3, 0.4) is 0 Å². The van der Waals surface area contributed by atoms with Gasteiger partial charge >= 0.3 is 0 Å². The molecule has 0 saturated carbocycles. The van der Waals surface area contributed by atoms with Gasteiger partial charge in [0.1, 0.15) is 11.5 Å². The van der Waals surface area contributed by atoms with Gasteiger partial charge in [-0.1, -0.05) is 13.0 Å². The first-order valence-corrected chi connectivity index (χ1v) is 6.99. The number of hydrogen-bond acceptors (Lipinski definition) is 2. The predicted molar refractivity (Wildman–Crippen MR) is 80.4 cm³/mol. The molecule has 19 heavy (non-hydrogen) atoms. The molecule has 0 atom stereocenters. The summed E-state index contributed by atoms with van der Waals surface area (Å²) in [4.78, 5) is 0. The number of furan rings is 1. The minimum atomic E-state index is 0.803. The van der Waals surface area contributed by atoms with Crippen LogP contribution >= 0.6 is 0 Å². The van der Waals surface area contributed by atoms with E-state index in [9.17, 15) is 0 Å². The Balaban J connectivity index is 2.20. The minimum absolute atomic E-state index is 0.803. The molecule has 1 heterocycles. The van der Waals surface area contributed by atoms with Gasteiger partial charge in [0.15, 0.2) is 0 Å². The molecule has 1 aromatic carbocycles. The van der Waals surface area contributed by atoms with E-state index in [0.717, 1.165) is 31.0 Å². The van der Waals surface area contributed by atoms with Gasteiger partial charge in [0.2, 0.25) is 0 Å². The Hall–Kier alpha value is -1.54. The maximum absolute atomic E-state index is 5.93. The normalized spacial score (nSPS) is 10.9. The van der Waals surface area contributed by atoms with E-state index in [4.69, 9.17) is 4.42 Å². The molecule has 0 saturated heterocycles. The van der Waals surface area contributed by atoms with E-state index < -0.39 is 0 Å². The molecule has 0 aliphatic carbocycles. The fourth-order valence-corrected chi connectivity index (χ4v) is 2.23. The Labute approximate surface area is 115 Å². The zero-order valence-electron chi connectivity index (χ0n) is 12.3. The molecule has 1 aromatic heterocycles. The van der Waals surface area contributed by atoms with Crippen molar-refractivity contribution in [1.82, 2.24) is 5.32 Å². The van der Waals surface area contributed by atoms with Crippen molar-refractivity contribution in [3.05, 3.63) is 46.7 Å². The summed E-state index contributed by atoms with van der Waals surface area (Å²) in [6.45, 7) is 10.4. The van der Waals surface area contributed by atoms with E-state index in [1.165, 1.54) is 22.3 Å². The highest BCUT2D eigenvalue weighted by molar-refractivity contribution is 5.64. The molecule has 0 bridgehead atoms. The highest BCUT2D eigenvalue weighted by atomic mass is 16.3. The van der Waals surface area contributed by atoms with Gasteiger partial charge in [0.05, 0.1) is 6.54 Å². The maximum atomic E-state index is 5.93. The van der Waals surface area contributed by atoms with E-state index in [2.05, 4.69) is 57.3 Å². The standard InChI is InChI=1S/C17H23NO/c1-5-8-18-11-15-6-7-17(19-15)16-10-13(3)12(2)9-14(16)4/h6-7,9-10,18H,5,8,11H2,1-4H3. The number of rotatable bonds is 5. The van der Waals surface area contributed by atoms with Gasteiger partial charge in [-0.2, -0.15) is 0 Å². The first kappa shape index (κ1) is 13.9. The van der Waals surface area contributed by atoms with Gasteiger partial charge in [-0.05, 0) is 68.6 Å². The zero-order chi connectivity index (χ0) is 13.8. The maximum Gasteiger partial charge on any atom is 0.134 e. The number of benzene rings is 1. The average molecular weight is 257 g/mol. The van der Waals surface area contributed by atoms with Crippen molar-refractivity contribution in [2.45, 2.75) is 40.7 Å². The molecule has 2 rings (SSSR count). The molecular weight excluding hydrogens is 234 g/mol. The molecule has 102 valence electrons. The molecule has 0 amide bonds. The van der Waals surface area contributed by atoms with Crippen molar-refractivity contribution in [2.24, 2.45) is 0 Å². The molecule has 2 aromatic rings. The number of hydrogen-bond donors (Lipinski definition) is 1. The second-order valence-electron chi connectivity index (χ2n) is 5.19. The van der Waals surface area contributed by atoms with E-state index in [1.54, 1.807) is 0 Å². The fraction of sp³-hybridized carbons (Fsp3) is 0.412. The van der Waals surface area contributed by atoms with Crippen LogP contribution in [0.2, 0.25) is 0 Å². The lowest BCUT2D eigenvalue weighted by Crippen LogP contribution is -2.12. The van der Waals surface area contributed by atoms with Crippen LogP contribution in [0.5, 0.6) is 0 Å². The molecule has 0 radical (unpaired) electrons. The van der Waals surface area contributed by atoms with E-state index >= 15 is 0 Å². The minimum Gasteiger partial charge on any atom is -0.460 e. The molecular formula is C17H23NO. The fourth-order valence-electron chi connectivity index (χ4n) is 2.23. The summed E-state index contributed by atoms with van der Waals surface area (Å²) in [6.07, 6.45) is 1.14. The second-order valence-corrected chi connectivity index (χ2v) is 5.19. The summed E-state index contributed by atoms with van der Waals surface area (Å²) >= 11 is 0. The van der Waals surface area contributed by atoms with Crippen LogP contribution in [0.1, 0.15) is 35.8 Å². The summed E-state index contributed by atoms with van der Waals surface area (Å²) in [5.41, 5.74) is 5.11. The predicted octanol–water partition coefficient (Wildman–Crippen LogP) is 4.37. The van der Waals surface area contributed by atoms with Crippen LogP contribution in [0.4, 0.5) is 0 Å². The molecule has 1 N–H and O–H groups in total. The summed E-state index contributed by atoms with van der Waals surface area (Å²) in [6, 6.07) is 8.57. The third-order valence-electron chi connectivity index (χ3n) is 3.49. The lowest BCUT2D eigenvalue weighted by atomic mass is 9.99. The Kier molecular flexibility index (Phi) is 4.43. The van der Waals surface area contributed by atoms with E-state index in [0.29, 0.717) is 0 Å². The molecule has 0 spiro atoms. The van der Waals surface area contributed by atoms with Crippen LogP contribution in [-0.4, -0.2) is 6.54 Å². The Morgan fingerprint density at radius 2 is 1.74 bits per heavy atom. The van der Waals surface area contributed by atoms with Crippen molar-refractivity contribution < 1.29 is 4.42 Å². The first-order valence-electron chi connectivity index (χ1n) is 6.99. The average Bonchev–Trinajstić information content (AvgIpc) is 2.83. The van der Waals surface area contributed by atoms with Gasteiger partial charge < -0.3 is 9.73 Å². The quantitative estimate of drug-likeness (QED) is 0.804. The van der Waals surface area contributed by atoms with E-state index in [1.807, 2.05) is 0 Å². The largest absolute Gasteiger partial charge is 0.460 e. The SMILES string of the molecule is CCCNCc1ccc(-c2cc(C)c(C)cc2C)o1. The first-order chi connectivity index (χ1) is 9.11. The van der Waals surface area contributed by atoms with Gasteiger partial charge in [-0.3, -0.25) is 0 Å². The van der Waals surface area contributed by atoms with Gasteiger partial charge in [0.25, 0.3) is 0 Å². The van der Waals surface area contributed by atoms with Crippen molar-refractivity contribution in [3.8, 4) is 11.3 Å². The summed E-state index contributed by atoms with van der Waals surface area (Å²) in [7, 11) is 0. The molecule has 2 nitrogen and oxygen atoms in total. The Bertz CT molecular complexity index is 554. The van der Waals surface area contributed by atoms with Crippen molar-refractivity contribution in [2.75, 3.05) is 6.54 Å². The molecule has 0 aliphatic rings. The molecule has 0 fully saturated rings. The van der Waals surface area contributed by atoms with Crippen LogP contribution in [0.15, 0.2) is 28.7 Å².